The van der Waals surface area contributed by atoms with Crippen LogP contribution >= 0.6 is 11.6 Å². The molecular weight excluding hydrogens is 294 g/mol. The Balaban J connectivity index is 2.34. The quantitative estimate of drug-likeness (QED) is 0.516. The van der Waals surface area contributed by atoms with Crippen LogP contribution in [0.2, 0.25) is 5.02 Å². The smallest absolute Gasteiger partial charge is 0.270 e. The Morgan fingerprint density at radius 3 is 2.67 bits per heavy atom. The van der Waals surface area contributed by atoms with Crippen LogP contribution in [0.25, 0.3) is 0 Å². The first-order chi connectivity index (χ1) is 9.88. The van der Waals surface area contributed by atoms with Crippen molar-refractivity contribution in [2.75, 3.05) is 11.1 Å². The lowest BCUT2D eigenvalue weighted by Gasteiger charge is -2.09. The van der Waals surface area contributed by atoms with Crippen molar-refractivity contribution in [2.24, 2.45) is 0 Å². The minimum Gasteiger partial charge on any atom is -0.398 e. The number of halogens is 1. The third kappa shape index (κ3) is 3.29. The van der Waals surface area contributed by atoms with E-state index in [1.165, 1.54) is 12.1 Å². The second kappa shape index (κ2) is 5.80. The number of nitro benzene ring substituents is 1. The van der Waals surface area contributed by atoms with Crippen molar-refractivity contribution in [1.29, 1.82) is 0 Å². The average molecular weight is 306 g/mol. The number of anilines is 2. The molecule has 0 aromatic heterocycles. The zero-order valence-corrected chi connectivity index (χ0v) is 11.8. The Hall–Kier alpha value is -2.60. The molecule has 2 aromatic carbocycles. The van der Waals surface area contributed by atoms with E-state index in [1.807, 2.05) is 6.92 Å². The number of amides is 1. The molecule has 0 bridgehead atoms. The number of carbonyl (C=O) groups is 1. The third-order valence-corrected chi connectivity index (χ3v) is 3.19. The van der Waals surface area contributed by atoms with Crippen molar-refractivity contribution in [3.8, 4) is 0 Å². The molecule has 0 aliphatic heterocycles. The number of nitro groups is 1. The maximum absolute atomic E-state index is 12.2. The summed E-state index contributed by atoms with van der Waals surface area (Å²) in [5.74, 6) is -0.552. The summed E-state index contributed by atoms with van der Waals surface area (Å²) in [7, 11) is 0. The fraction of sp³-hybridized carbons (Fsp3) is 0.0714. The largest absolute Gasteiger partial charge is 0.398 e. The monoisotopic (exact) mass is 305 g/mol. The summed E-state index contributed by atoms with van der Waals surface area (Å²) in [6.07, 6.45) is 0. The summed E-state index contributed by atoms with van der Waals surface area (Å²) < 4.78 is 0. The number of rotatable bonds is 3. The van der Waals surface area contributed by atoms with Gasteiger partial charge in [0.15, 0.2) is 0 Å². The Bertz CT molecular complexity index is 731. The Morgan fingerprint density at radius 2 is 2.00 bits per heavy atom. The summed E-state index contributed by atoms with van der Waals surface area (Å²) in [5, 5.41) is 13.7. The maximum Gasteiger partial charge on any atom is 0.270 e. The van der Waals surface area contributed by atoms with E-state index >= 15 is 0 Å². The Labute approximate surface area is 125 Å². The van der Waals surface area contributed by atoms with E-state index in [4.69, 9.17) is 17.3 Å². The molecule has 7 heteroatoms. The molecular formula is C14H12ClN3O3. The van der Waals surface area contributed by atoms with Crippen molar-refractivity contribution in [3.63, 3.8) is 0 Å². The second-order valence-electron chi connectivity index (χ2n) is 4.47. The number of nitrogens with one attached hydrogen (secondary N) is 1. The summed E-state index contributed by atoms with van der Waals surface area (Å²) in [5.41, 5.74) is 7.02. The number of aryl methyl sites for hydroxylation is 1. The van der Waals surface area contributed by atoms with Gasteiger partial charge >= 0.3 is 0 Å². The van der Waals surface area contributed by atoms with Crippen molar-refractivity contribution >= 4 is 34.6 Å². The van der Waals surface area contributed by atoms with Gasteiger partial charge in [-0.1, -0.05) is 17.7 Å². The summed E-state index contributed by atoms with van der Waals surface area (Å²) in [6, 6.07) is 8.86. The van der Waals surface area contributed by atoms with Gasteiger partial charge in [0.25, 0.3) is 11.6 Å². The predicted molar refractivity (Wildman–Crippen MR) is 81.7 cm³/mol. The van der Waals surface area contributed by atoms with Crippen LogP contribution in [0.5, 0.6) is 0 Å². The highest BCUT2D eigenvalue weighted by molar-refractivity contribution is 6.34. The Kier molecular flexibility index (Phi) is 4.09. The molecule has 0 radical (unpaired) electrons. The lowest BCUT2D eigenvalue weighted by molar-refractivity contribution is -0.384. The van der Waals surface area contributed by atoms with Gasteiger partial charge in [0.1, 0.15) is 0 Å². The van der Waals surface area contributed by atoms with Gasteiger partial charge in [0.05, 0.1) is 21.2 Å². The lowest BCUT2D eigenvalue weighted by atomic mass is 10.1. The summed E-state index contributed by atoms with van der Waals surface area (Å²) in [4.78, 5) is 22.4. The number of hydrogen-bond donors (Lipinski definition) is 2. The van der Waals surface area contributed by atoms with Crippen LogP contribution in [0, 0.1) is 17.0 Å². The normalized spacial score (nSPS) is 10.2. The fourth-order valence-corrected chi connectivity index (χ4v) is 1.94. The molecule has 0 atom stereocenters. The standard InChI is InChI=1S/C14H12ClN3O3/c1-8-2-4-11(15)13(6-8)17-14(19)10-7-9(18(20)21)3-5-12(10)16/h2-7H,16H2,1H3,(H,17,19). The number of benzene rings is 2. The van der Waals surface area contributed by atoms with Crippen LogP contribution in [-0.2, 0) is 0 Å². The van der Waals surface area contributed by atoms with Gasteiger partial charge in [0.2, 0.25) is 0 Å². The molecule has 0 unspecified atom stereocenters. The van der Waals surface area contributed by atoms with E-state index in [1.54, 1.807) is 18.2 Å². The highest BCUT2D eigenvalue weighted by atomic mass is 35.5. The van der Waals surface area contributed by atoms with Crippen LogP contribution in [0.15, 0.2) is 36.4 Å². The maximum atomic E-state index is 12.2. The van der Waals surface area contributed by atoms with Crippen molar-refractivity contribution in [2.45, 2.75) is 6.92 Å². The Morgan fingerprint density at radius 1 is 1.29 bits per heavy atom. The molecule has 2 rings (SSSR count). The number of non-ortho nitro benzene ring substituents is 1. The van der Waals surface area contributed by atoms with E-state index in [2.05, 4.69) is 5.32 Å². The SMILES string of the molecule is Cc1ccc(Cl)c(NC(=O)c2cc([N+](=O)[O-])ccc2N)c1. The zero-order chi connectivity index (χ0) is 15.6. The molecule has 0 saturated carbocycles. The molecule has 3 N–H and O–H groups in total. The van der Waals surface area contributed by atoms with Crippen LogP contribution in [0.1, 0.15) is 15.9 Å². The van der Waals surface area contributed by atoms with Gasteiger partial charge in [0, 0.05) is 17.8 Å². The number of carbonyl (C=O) groups excluding carboxylic acids is 1. The average Bonchev–Trinajstić information content (AvgIpc) is 2.43. The lowest BCUT2D eigenvalue weighted by Crippen LogP contribution is -2.14. The van der Waals surface area contributed by atoms with Gasteiger partial charge in [-0.05, 0) is 30.7 Å². The molecule has 1 amide bonds. The molecule has 6 nitrogen and oxygen atoms in total. The van der Waals surface area contributed by atoms with E-state index in [0.29, 0.717) is 10.7 Å². The molecule has 0 fully saturated rings. The first kappa shape index (κ1) is 14.8. The number of nitrogens with two attached hydrogens (primary N) is 1. The molecule has 0 aliphatic carbocycles. The molecule has 108 valence electrons. The number of nitrogens with zero attached hydrogens (tertiary/aromatic N) is 1. The highest BCUT2D eigenvalue weighted by Crippen LogP contribution is 2.25. The van der Waals surface area contributed by atoms with Gasteiger partial charge in [-0.2, -0.15) is 0 Å². The van der Waals surface area contributed by atoms with Crippen LogP contribution in [0.3, 0.4) is 0 Å². The molecule has 21 heavy (non-hydrogen) atoms. The van der Waals surface area contributed by atoms with E-state index in [9.17, 15) is 14.9 Å². The predicted octanol–water partition coefficient (Wildman–Crippen LogP) is 3.39. The van der Waals surface area contributed by atoms with Crippen LogP contribution in [-0.4, -0.2) is 10.8 Å². The van der Waals surface area contributed by atoms with Crippen molar-refractivity contribution < 1.29 is 9.72 Å². The van der Waals surface area contributed by atoms with Crippen molar-refractivity contribution in [3.05, 3.63) is 62.7 Å². The molecule has 0 saturated heterocycles. The molecule has 0 heterocycles. The summed E-state index contributed by atoms with van der Waals surface area (Å²) in [6.45, 7) is 1.85. The zero-order valence-electron chi connectivity index (χ0n) is 11.1. The number of hydrogen-bond acceptors (Lipinski definition) is 4. The first-order valence-electron chi connectivity index (χ1n) is 6.00. The minimum absolute atomic E-state index is 0.0294. The second-order valence-corrected chi connectivity index (χ2v) is 4.87. The van der Waals surface area contributed by atoms with Gasteiger partial charge in [-0.3, -0.25) is 14.9 Å². The van der Waals surface area contributed by atoms with Gasteiger partial charge in [-0.25, -0.2) is 0 Å². The van der Waals surface area contributed by atoms with E-state index in [-0.39, 0.29) is 16.9 Å². The molecule has 0 spiro atoms. The molecule has 0 aliphatic rings. The highest BCUT2D eigenvalue weighted by Gasteiger charge is 2.16. The molecule has 2 aromatic rings. The summed E-state index contributed by atoms with van der Waals surface area (Å²) >= 11 is 6.00. The third-order valence-electron chi connectivity index (χ3n) is 2.86. The van der Waals surface area contributed by atoms with E-state index < -0.39 is 10.8 Å². The van der Waals surface area contributed by atoms with Gasteiger partial charge in [-0.15, -0.1) is 0 Å². The van der Waals surface area contributed by atoms with Crippen LogP contribution in [0.4, 0.5) is 17.1 Å². The first-order valence-corrected chi connectivity index (χ1v) is 6.37. The number of nitrogen functional groups attached to an aromatic ring is 1. The fourth-order valence-electron chi connectivity index (χ4n) is 1.78. The van der Waals surface area contributed by atoms with Crippen molar-refractivity contribution in [1.82, 2.24) is 0 Å². The van der Waals surface area contributed by atoms with Gasteiger partial charge < -0.3 is 11.1 Å². The minimum atomic E-state index is -0.587. The topological polar surface area (TPSA) is 98.3 Å². The van der Waals surface area contributed by atoms with E-state index in [0.717, 1.165) is 11.6 Å². The van der Waals surface area contributed by atoms with Crippen LogP contribution < -0.4 is 11.1 Å².